The van der Waals surface area contributed by atoms with Crippen molar-refractivity contribution in [3.63, 3.8) is 0 Å². The Kier molecular flexibility index (Phi) is 5.98. The van der Waals surface area contributed by atoms with Crippen LogP contribution in [0, 0.1) is 6.92 Å². The summed E-state index contributed by atoms with van der Waals surface area (Å²) in [6, 6.07) is 10.9. The highest BCUT2D eigenvalue weighted by Gasteiger charge is 2.16. The number of para-hydroxylation sites is 1. The highest BCUT2D eigenvalue weighted by atomic mass is 35.5. The molecule has 0 saturated heterocycles. The lowest BCUT2D eigenvalue weighted by Gasteiger charge is -2.18. The lowest BCUT2D eigenvalue weighted by molar-refractivity contribution is -0.0493. The molecule has 24 heavy (non-hydrogen) atoms. The van der Waals surface area contributed by atoms with E-state index in [0.29, 0.717) is 10.6 Å². The molecular formula is C17H17ClF2N2O2. The van der Waals surface area contributed by atoms with Crippen molar-refractivity contribution >= 4 is 23.3 Å². The molecule has 7 heteroatoms. The zero-order valence-electron chi connectivity index (χ0n) is 13.1. The summed E-state index contributed by atoms with van der Waals surface area (Å²) in [4.78, 5) is 12.2. The first kappa shape index (κ1) is 18.0. The molecule has 0 fully saturated rings. The van der Waals surface area contributed by atoms with E-state index in [-0.39, 0.29) is 17.5 Å². The number of ether oxygens (including phenoxy) is 1. The predicted octanol–water partition coefficient (Wildman–Crippen LogP) is 5.13. The van der Waals surface area contributed by atoms with Crippen LogP contribution < -0.4 is 15.4 Å². The van der Waals surface area contributed by atoms with Gasteiger partial charge in [0.05, 0.1) is 11.7 Å². The molecule has 2 aromatic rings. The minimum absolute atomic E-state index is 0.0874. The molecule has 2 rings (SSSR count). The van der Waals surface area contributed by atoms with E-state index < -0.39 is 12.6 Å². The van der Waals surface area contributed by atoms with Gasteiger partial charge in [-0.05, 0) is 43.2 Å². The molecule has 0 radical (unpaired) electrons. The summed E-state index contributed by atoms with van der Waals surface area (Å²) in [6.07, 6.45) is 0. The number of amides is 2. The summed E-state index contributed by atoms with van der Waals surface area (Å²) in [7, 11) is 0. The number of urea groups is 1. The third-order valence-corrected chi connectivity index (χ3v) is 3.62. The lowest BCUT2D eigenvalue weighted by Crippen LogP contribution is -2.31. The number of carbonyl (C=O) groups is 1. The summed E-state index contributed by atoms with van der Waals surface area (Å²) in [6.45, 7) is 0.509. The SMILES string of the molecule is Cc1cccc(OC(F)F)c1NC(=O)NC(C)c1cccc(Cl)c1. The molecule has 0 aliphatic heterocycles. The molecular weight excluding hydrogens is 338 g/mol. The predicted molar refractivity (Wildman–Crippen MR) is 89.8 cm³/mol. The Balaban J connectivity index is 2.09. The van der Waals surface area contributed by atoms with E-state index in [1.54, 1.807) is 44.2 Å². The van der Waals surface area contributed by atoms with Crippen molar-refractivity contribution in [2.75, 3.05) is 5.32 Å². The lowest BCUT2D eigenvalue weighted by atomic mass is 10.1. The van der Waals surface area contributed by atoms with Crippen molar-refractivity contribution in [3.05, 3.63) is 58.6 Å². The number of hydrogen-bond acceptors (Lipinski definition) is 2. The van der Waals surface area contributed by atoms with E-state index in [1.165, 1.54) is 6.07 Å². The van der Waals surface area contributed by atoms with Gasteiger partial charge in [0.2, 0.25) is 0 Å². The van der Waals surface area contributed by atoms with Gasteiger partial charge >= 0.3 is 12.6 Å². The fourth-order valence-electron chi connectivity index (χ4n) is 2.20. The molecule has 0 aliphatic rings. The molecule has 2 aromatic carbocycles. The molecule has 0 heterocycles. The molecule has 0 saturated carbocycles. The summed E-state index contributed by atoms with van der Waals surface area (Å²) in [5.74, 6) is -0.0874. The zero-order valence-corrected chi connectivity index (χ0v) is 13.9. The van der Waals surface area contributed by atoms with Gasteiger partial charge in [0.15, 0.2) is 0 Å². The second-order valence-corrected chi connectivity index (χ2v) is 5.64. The summed E-state index contributed by atoms with van der Waals surface area (Å²) in [5.41, 5.74) is 1.64. The molecule has 0 aromatic heterocycles. The van der Waals surface area contributed by atoms with E-state index in [4.69, 9.17) is 11.6 Å². The van der Waals surface area contributed by atoms with Crippen LogP contribution in [0.5, 0.6) is 5.75 Å². The quantitative estimate of drug-likeness (QED) is 0.781. The second kappa shape index (κ2) is 7.97. The molecule has 1 unspecified atom stereocenters. The number of rotatable bonds is 5. The molecule has 0 bridgehead atoms. The largest absolute Gasteiger partial charge is 0.433 e. The third kappa shape index (κ3) is 4.83. The van der Waals surface area contributed by atoms with Crippen LogP contribution in [0.25, 0.3) is 0 Å². The maximum absolute atomic E-state index is 12.5. The van der Waals surface area contributed by atoms with Gasteiger partial charge in [0.25, 0.3) is 0 Å². The summed E-state index contributed by atoms with van der Waals surface area (Å²) >= 11 is 5.93. The Labute approximate surface area is 143 Å². The van der Waals surface area contributed by atoms with E-state index in [9.17, 15) is 13.6 Å². The molecule has 4 nitrogen and oxygen atoms in total. The van der Waals surface area contributed by atoms with Crippen molar-refractivity contribution in [2.24, 2.45) is 0 Å². The topological polar surface area (TPSA) is 50.4 Å². The van der Waals surface area contributed by atoms with Crippen molar-refractivity contribution in [2.45, 2.75) is 26.5 Å². The van der Waals surface area contributed by atoms with Gasteiger partial charge in [-0.15, -0.1) is 0 Å². The van der Waals surface area contributed by atoms with Crippen molar-refractivity contribution in [3.8, 4) is 5.75 Å². The minimum Gasteiger partial charge on any atom is -0.433 e. The van der Waals surface area contributed by atoms with Crippen molar-refractivity contribution in [1.82, 2.24) is 5.32 Å². The number of alkyl halides is 2. The summed E-state index contributed by atoms with van der Waals surface area (Å²) < 4.78 is 29.4. The van der Waals surface area contributed by atoms with Gasteiger partial charge in [-0.25, -0.2) is 4.79 Å². The molecule has 2 N–H and O–H groups in total. The van der Waals surface area contributed by atoms with E-state index >= 15 is 0 Å². The standard InChI is InChI=1S/C17H17ClF2N2O2/c1-10-5-3-8-14(24-16(19)20)15(10)22-17(23)21-11(2)12-6-4-7-13(18)9-12/h3-9,11,16H,1-2H3,(H2,21,22,23). The highest BCUT2D eigenvalue weighted by Crippen LogP contribution is 2.29. The third-order valence-electron chi connectivity index (χ3n) is 3.39. The van der Waals surface area contributed by atoms with Crippen LogP contribution in [-0.2, 0) is 0 Å². The highest BCUT2D eigenvalue weighted by molar-refractivity contribution is 6.30. The van der Waals surface area contributed by atoms with Crippen LogP contribution in [0.15, 0.2) is 42.5 Å². The van der Waals surface area contributed by atoms with Crippen LogP contribution in [-0.4, -0.2) is 12.6 Å². The number of benzene rings is 2. The Morgan fingerprint density at radius 2 is 1.92 bits per heavy atom. The number of carbonyl (C=O) groups excluding carboxylic acids is 1. The van der Waals surface area contributed by atoms with Gasteiger partial charge in [-0.1, -0.05) is 35.9 Å². The van der Waals surface area contributed by atoms with Crippen molar-refractivity contribution in [1.29, 1.82) is 0 Å². The average molecular weight is 355 g/mol. The molecule has 0 spiro atoms. The van der Waals surface area contributed by atoms with Crippen LogP contribution in [0.4, 0.5) is 19.3 Å². The van der Waals surface area contributed by atoms with Crippen LogP contribution in [0.1, 0.15) is 24.1 Å². The van der Waals surface area contributed by atoms with Crippen molar-refractivity contribution < 1.29 is 18.3 Å². The molecule has 2 amide bonds. The van der Waals surface area contributed by atoms with Gasteiger partial charge in [0.1, 0.15) is 5.75 Å². The van der Waals surface area contributed by atoms with Crippen LogP contribution >= 0.6 is 11.6 Å². The number of aryl methyl sites for hydroxylation is 1. The molecule has 128 valence electrons. The maximum Gasteiger partial charge on any atom is 0.387 e. The molecule has 1 atom stereocenters. The summed E-state index contributed by atoms with van der Waals surface area (Å²) in [5, 5.41) is 5.85. The maximum atomic E-state index is 12.5. The first-order valence-corrected chi connectivity index (χ1v) is 7.62. The second-order valence-electron chi connectivity index (χ2n) is 5.20. The number of nitrogens with one attached hydrogen (secondary N) is 2. The fraction of sp³-hybridized carbons (Fsp3) is 0.235. The monoisotopic (exact) mass is 354 g/mol. The number of hydrogen-bond donors (Lipinski definition) is 2. The Morgan fingerprint density at radius 3 is 2.58 bits per heavy atom. The van der Waals surface area contributed by atoms with Gasteiger partial charge < -0.3 is 15.4 Å². The van der Waals surface area contributed by atoms with E-state index in [2.05, 4.69) is 15.4 Å². The normalized spacial score (nSPS) is 11.9. The number of halogens is 3. The van der Waals surface area contributed by atoms with E-state index in [0.717, 1.165) is 5.56 Å². The Hall–Kier alpha value is -2.34. The molecule has 0 aliphatic carbocycles. The number of anilines is 1. The van der Waals surface area contributed by atoms with Crippen LogP contribution in [0.3, 0.4) is 0 Å². The van der Waals surface area contributed by atoms with Gasteiger partial charge in [-0.2, -0.15) is 8.78 Å². The van der Waals surface area contributed by atoms with Gasteiger partial charge in [-0.3, -0.25) is 0 Å². The zero-order chi connectivity index (χ0) is 17.7. The first-order valence-electron chi connectivity index (χ1n) is 7.24. The first-order chi connectivity index (χ1) is 11.4. The Bertz CT molecular complexity index is 725. The Morgan fingerprint density at radius 1 is 1.21 bits per heavy atom. The van der Waals surface area contributed by atoms with Gasteiger partial charge in [0, 0.05) is 5.02 Å². The minimum atomic E-state index is -2.97. The average Bonchev–Trinajstić information content (AvgIpc) is 2.50. The van der Waals surface area contributed by atoms with E-state index in [1.807, 2.05) is 6.07 Å². The van der Waals surface area contributed by atoms with Crippen LogP contribution in [0.2, 0.25) is 5.02 Å². The smallest absolute Gasteiger partial charge is 0.387 e. The fourth-order valence-corrected chi connectivity index (χ4v) is 2.40.